The van der Waals surface area contributed by atoms with Crippen molar-refractivity contribution in [3.05, 3.63) is 0 Å². The lowest BCUT2D eigenvalue weighted by Crippen LogP contribution is -2.63. The van der Waals surface area contributed by atoms with Crippen molar-refractivity contribution >= 4 is 5.97 Å². The quantitative estimate of drug-likeness (QED) is 0.0785. The van der Waals surface area contributed by atoms with Crippen LogP contribution in [0.5, 0.6) is 0 Å². The van der Waals surface area contributed by atoms with Crippen LogP contribution in [0.25, 0.3) is 0 Å². The van der Waals surface area contributed by atoms with Gasteiger partial charge < -0.3 is 54.7 Å². The molecule has 0 aromatic carbocycles. The van der Waals surface area contributed by atoms with Crippen molar-refractivity contribution in [1.82, 2.24) is 0 Å². The van der Waals surface area contributed by atoms with E-state index in [0.717, 1.165) is 19.3 Å². The van der Waals surface area contributed by atoms with Crippen molar-refractivity contribution in [3.63, 3.8) is 0 Å². The fourth-order valence-corrected chi connectivity index (χ4v) is 5.26. The van der Waals surface area contributed by atoms with Crippen molar-refractivity contribution in [2.45, 2.75) is 152 Å². The van der Waals surface area contributed by atoms with Crippen LogP contribution in [0.2, 0.25) is 0 Å². The molecule has 0 aromatic rings. The third-order valence-electron chi connectivity index (χ3n) is 7.78. The second-order valence-corrected chi connectivity index (χ2v) is 11.0. The normalized spacial score (nSPS) is 34.3. The third kappa shape index (κ3) is 10.1. The Bertz CT molecular complexity index is 694. The van der Waals surface area contributed by atoms with E-state index in [9.17, 15) is 40.5 Å². The summed E-state index contributed by atoms with van der Waals surface area (Å²) in [6.07, 6.45) is 2.37. The van der Waals surface area contributed by atoms with E-state index in [2.05, 4.69) is 6.92 Å². The Morgan fingerprint density at radius 3 is 1.73 bits per heavy atom. The maximum absolute atomic E-state index is 12.6. The summed E-state index contributed by atoms with van der Waals surface area (Å²) >= 11 is 0. The van der Waals surface area contributed by atoms with Crippen LogP contribution in [0.3, 0.4) is 0 Å². The van der Waals surface area contributed by atoms with Crippen LogP contribution in [0.15, 0.2) is 0 Å². The molecule has 236 valence electrons. The molecule has 2 fully saturated rings. The van der Waals surface area contributed by atoms with Crippen LogP contribution in [0.1, 0.15) is 96.8 Å². The van der Waals surface area contributed by atoms with Crippen molar-refractivity contribution in [1.29, 1.82) is 0 Å². The summed E-state index contributed by atoms with van der Waals surface area (Å²) in [5.41, 5.74) is 0. The van der Waals surface area contributed by atoms with Gasteiger partial charge in [0.15, 0.2) is 12.4 Å². The molecule has 0 spiro atoms. The number of rotatable bonds is 20. The molecule has 0 aliphatic carbocycles. The number of esters is 1. The maximum Gasteiger partial charge on any atom is 0.306 e. The van der Waals surface area contributed by atoms with E-state index in [4.69, 9.17) is 18.9 Å². The number of carbonyl (C=O) groups excluding carboxylic acids is 1. The van der Waals surface area contributed by atoms with Crippen LogP contribution >= 0.6 is 0 Å². The Morgan fingerprint density at radius 2 is 1.23 bits per heavy atom. The van der Waals surface area contributed by atoms with Crippen LogP contribution in [0, 0.1) is 0 Å². The monoisotopic (exact) mass is 580 g/mol. The van der Waals surface area contributed by atoms with E-state index in [1.54, 1.807) is 0 Å². The lowest BCUT2D eigenvalue weighted by molar-refractivity contribution is -0.383. The minimum atomic E-state index is -2.24. The van der Waals surface area contributed by atoms with Gasteiger partial charge in [-0.1, -0.05) is 84.0 Å². The summed E-state index contributed by atoms with van der Waals surface area (Å²) < 4.78 is 21.9. The number of aliphatic hydroxyl groups is 7. The van der Waals surface area contributed by atoms with Crippen LogP contribution in [-0.4, -0.2) is 116 Å². The molecule has 9 atom stereocenters. The van der Waals surface area contributed by atoms with Crippen molar-refractivity contribution in [2.75, 3.05) is 19.8 Å². The zero-order valence-corrected chi connectivity index (χ0v) is 23.8. The van der Waals surface area contributed by atoms with E-state index in [1.807, 2.05) is 0 Å². The Balaban J connectivity index is 1.80. The molecule has 0 bridgehead atoms. The molecule has 0 unspecified atom stereocenters. The van der Waals surface area contributed by atoms with Gasteiger partial charge in [0.1, 0.15) is 43.2 Å². The fraction of sp³-hybridized carbons (Fsp3) is 0.964. The van der Waals surface area contributed by atoms with E-state index >= 15 is 0 Å². The van der Waals surface area contributed by atoms with Gasteiger partial charge in [-0.05, 0) is 6.42 Å². The zero-order chi connectivity index (χ0) is 29.5. The van der Waals surface area contributed by atoms with Gasteiger partial charge in [0.05, 0.1) is 13.2 Å². The molecule has 40 heavy (non-hydrogen) atoms. The van der Waals surface area contributed by atoms with Gasteiger partial charge in [0, 0.05) is 6.42 Å². The van der Waals surface area contributed by atoms with Crippen LogP contribution < -0.4 is 0 Å². The summed E-state index contributed by atoms with van der Waals surface area (Å²) in [6.45, 7) is -0.142. The summed E-state index contributed by atoms with van der Waals surface area (Å²) in [5, 5.41) is 70.2. The molecule has 12 nitrogen and oxygen atoms in total. The van der Waals surface area contributed by atoms with Gasteiger partial charge >= 0.3 is 5.97 Å². The van der Waals surface area contributed by atoms with E-state index in [-0.39, 0.29) is 6.42 Å². The summed E-state index contributed by atoms with van der Waals surface area (Å²) in [7, 11) is 0. The Morgan fingerprint density at radius 1 is 0.700 bits per heavy atom. The number of hydrogen-bond acceptors (Lipinski definition) is 12. The molecular weight excluding hydrogens is 528 g/mol. The number of hydrogen-bond donors (Lipinski definition) is 7. The molecule has 0 saturated carbocycles. The number of ether oxygens (including phenoxy) is 4. The van der Waals surface area contributed by atoms with Gasteiger partial charge in [0.25, 0.3) is 0 Å². The summed E-state index contributed by atoms with van der Waals surface area (Å²) in [4.78, 5) is 12.6. The fourth-order valence-electron chi connectivity index (χ4n) is 5.26. The number of carbonyl (C=O) groups is 1. The summed E-state index contributed by atoms with van der Waals surface area (Å²) in [5.74, 6) is -2.91. The highest BCUT2D eigenvalue weighted by Crippen LogP contribution is 2.38. The first-order chi connectivity index (χ1) is 19.2. The molecule has 0 radical (unpaired) electrons. The van der Waals surface area contributed by atoms with E-state index in [0.29, 0.717) is 6.42 Å². The topological polar surface area (TPSA) is 196 Å². The second kappa shape index (κ2) is 18.6. The lowest BCUT2D eigenvalue weighted by atomic mass is 9.99. The first kappa shape index (κ1) is 35.3. The molecule has 2 aliphatic rings. The summed E-state index contributed by atoms with van der Waals surface area (Å²) in [6, 6.07) is 0. The Labute approximate surface area is 237 Å². The molecule has 12 heteroatoms. The predicted molar refractivity (Wildman–Crippen MR) is 143 cm³/mol. The molecular formula is C28H52O12. The Hall–Kier alpha value is -0.930. The smallest absolute Gasteiger partial charge is 0.306 e. The standard InChI is InChI=1S/C28H52O12/c1-2-3-4-5-6-7-8-9-10-11-12-13-14-15-21(32)38-26-23(34)20(17-30)39-28(26,18-31)40-27-25(36)24(35)22(33)19(16-29)37-27/h19-20,22-27,29-31,33-36H,2-18H2,1H3/t19-,20-,22-,23-,24+,25-,26+,27-,28+/m1/s1. The van der Waals surface area contributed by atoms with Gasteiger partial charge in [-0.2, -0.15) is 0 Å². The minimum absolute atomic E-state index is 0.0618. The number of unbranched alkanes of at least 4 members (excludes halogenated alkanes) is 12. The predicted octanol–water partition coefficient (Wildman–Crippen LogP) is 0.637. The minimum Gasteiger partial charge on any atom is -0.454 e. The average molecular weight is 581 g/mol. The third-order valence-corrected chi connectivity index (χ3v) is 7.78. The highest BCUT2D eigenvalue weighted by atomic mass is 16.8. The van der Waals surface area contributed by atoms with Crippen LogP contribution in [-0.2, 0) is 23.7 Å². The van der Waals surface area contributed by atoms with Crippen molar-refractivity contribution in [2.24, 2.45) is 0 Å². The van der Waals surface area contributed by atoms with Crippen molar-refractivity contribution in [3.8, 4) is 0 Å². The van der Waals surface area contributed by atoms with Gasteiger partial charge in [-0.15, -0.1) is 0 Å². The lowest BCUT2D eigenvalue weighted by Gasteiger charge is -2.43. The molecule has 0 aromatic heterocycles. The van der Waals surface area contributed by atoms with Crippen molar-refractivity contribution < 1.29 is 59.5 Å². The van der Waals surface area contributed by atoms with E-state index < -0.39 is 80.6 Å². The van der Waals surface area contributed by atoms with Gasteiger partial charge in [-0.3, -0.25) is 4.79 Å². The Kier molecular flexibility index (Phi) is 16.4. The molecule has 7 N–H and O–H groups in total. The SMILES string of the molecule is CCCCCCCCCCCCCCCC(=O)O[C@H]1[C@H](O)[C@@H](CO)O[C@@]1(CO)O[C@H]1O[C@H](CO)[C@@H](O)[C@H](O)[C@H]1O. The van der Waals surface area contributed by atoms with E-state index in [1.165, 1.54) is 57.8 Å². The largest absolute Gasteiger partial charge is 0.454 e. The van der Waals surface area contributed by atoms with Gasteiger partial charge in [0.2, 0.25) is 5.79 Å². The highest BCUT2D eigenvalue weighted by molar-refractivity contribution is 5.69. The second-order valence-electron chi connectivity index (χ2n) is 11.0. The average Bonchev–Trinajstić information content (AvgIpc) is 3.21. The molecule has 2 heterocycles. The van der Waals surface area contributed by atoms with Crippen LogP contribution in [0.4, 0.5) is 0 Å². The molecule has 2 aliphatic heterocycles. The van der Waals surface area contributed by atoms with Gasteiger partial charge in [-0.25, -0.2) is 0 Å². The molecule has 0 amide bonds. The maximum atomic E-state index is 12.6. The first-order valence-electron chi connectivity index (χ1n) is 15.0. The first-order valence-corrected chi connectivity index (χ1v) is 15.0. The zero-order valence-electron chi connectivity index (χ0n) is 23.8. The highest BCUT2D eigenvalue weighted by Gasteiger charge is 2.60. The molecule has 2 rings (SSSR count). The number of aliphatic hydroxyl groups excluding tert-OH is 7. The molecule has 2 saturated heterocycles.